The van der Waals surface area contributed by atoms with Gasteiger partial charge in [0.2, 0.25) is 5.91 Å². The SMILES string of the molecule is CN(CCOc1ccccc1)C(=O)[C@H]1CCCNC1. The fourth-order valence-corrected chi connectivity index (χ4v) is 2.30. The van der Waals surface area contributed by atoms with Crippen LogP contribution in [0.15, 0.2) is 30.3 Å². The average molecular weight is 262 g/mol. The van der Waals surface area contributed by atoms with Crippen LogP contribution >= 0.6 is 0 Å². The van der Waals surface area contributed by atoms with E-state index in [0.29, 0.717) is 13.2 Å². The van der Waals surface area contributed by atoms with Crippen LogP contribution in [0.1, 0.15) is 12.8 Å². The van der Waals surface area contributed by atoms with Crippen molar-refractivity contribution in [1.29, 1.82) is 0 Å². The molecule has 4 nitrogen and oxygen atoms in total. The molecule has 0 radical (unpaired) electrons. The van der Waals surface area contributed by atoms with Crippen molar-refractivity contribution in [2.24, 2.45) is 5.92 Å². The molecule has 0 aliphatic carbocycles. The maximum Gasteiger partial charge on any atom is 0.226 e. The Bertz CT molecular complexity index is 388. The minimum Gasteiger partial charge on any atom is -0.492 e. The van der Waals surface area contributed by atoms with Gasteiger partial charge in [0.25, 0.3) is 0 Å². The Balaban J connectivity index is 1.71. The molecule has 104 valence electrons. The number of para-hydroxylation sites is 1. The second kappa shape index (κ2) is 7.14. The molecule has 1 aromatic rings. The molecular weight excluding hydrogens is 240 g/mol. The summed E-state index contributed by atoms with van der Waals surface area (Å²) in [5.74, 6) is 1.21. The highest BCUT2D eigenvalue weighted by atomic mass is 16.5. The summed E-state index contributed by atoms with van der Waals surface area (Å²) in [4.78, 5) is 13.9. The zero-order valence-corrected chi connectivity index (χ0v) is 11.5. The van der Waals surface area contributed by atoms with E-state index in [1.807, 2.05) is 37.4 Å². The van der Waals surface area contributed by atoms with Crippen molar-refractivity contribution in [2.45, 2.75) is 12.8 Å². The van der Waals surface area contributed by atoms with Crippen molar-refractivity contribution in [1.82, 2.24) is 10.2 Å². The first kappa shape index (κ1) is 13.9. The lowest BCUT2D eigenvalue weighted by atomic mass is 9.98. The molecule has 1 aromatic carbocycles. The number of carbonyl (C=O) groups is 1. The van der Waals surface area contributed by atoms with E-state index in [4.69, 9.17) is 4.74 Å². The molecule has 1 N–H and O–H groups in total. The molecule has 1 saturated heterocycles. The Kier molecular flexibility index (Phi) is 5.21. The van der Waals surface area contributed by atoms with Crippen molar-refractivity contribution in [3.05, 3.63) is 30.3 Å². The first-order chi connectivity index (χ1) is 9.27. The van der Waals surface area contributed by atoms with Crippen LogP contribution in [0.25, 0.3) is 0 Å². The summed E-state index contributed by atoms with van der Waals surface area (Å²) in [5, 5.41) is 3.27. The van der Waals surface area contributed by atoms with E-state index in [1.54, 1.807) is 4.90 Å². The molecule has 1 aliphatic rings. The van der Waals surface area contributed by atoms with Gasteiger partial charge in [-0.2, -0.15) is 0 Å². The maximum absolute atomic E-state index is 12.2. The summed E-state index contributed by atoms with van der Waals surface area (Å²) in [6.07, 6.45) is 2.08. The Labute approximate surface area is 114 Å². The van der Waals surface area contributed by atoms with E-state index in [1.165, 1.54) is 0 Å². The zero-order valence-electron chi connectivity index (χ0n) is 11.5. The summed E-state index contributed by atoms with van der Waals surface area (Å²) in [6, 6.07) is 9.69. The van der Waals surface area contributed by atoms with E-state index >= 15 is 0 Å². The van der Waals surface area contributed by atoms with E-state index in [9.17, 15) is 4.79 Å². The molecule has 0 unspecified atom stereocenters. The number of ether oxygens (including phenoxy) is 1. The van der Waals surface area contributed by atoms with Crippen LogP contribution in [0, 0.1) is 5.92 Å². The minimum absolute atomic E-state index is 0.135. The summed E-state index contributed by atoms with van der Waals surface area (Å²) in [6.45, 7) is 3.00. The molecule has 1 atom stereocenters. The van der Waals surface area contributed by atoms with Crippen LogP contribution in [-0.4, -0.2) is 44.1 Å². The van der Waals surface area contributed by atoms with Crippen molar-refractivity contribution >= 4 is 5.91 Å². The molecule has 0 bridgehead atoms. The second-order valence-electron chi connectivity index (χ2n) is 4.96. The molecule has 1 aliphatic heterocycles. The molecule has 0 spiro atoms. The second-order valence-corrected chi connectivity index (χ2v) is 4.96. The zero-order chi connectivity index (χ0) is 13.5. The van der Waals surface area contributed by atoms with Crippen LogP contribution in [0.5, 0.6) is 5.75 Å². The van der Waals surface area contributed by atoms with Crippen molar-refractivity contribution in [3.63, 3.8) is 0 Å². The third-order valence-electron chi connectivity index (χ3n) is 3.46. The van der Waals surface area contributed by atoms with Gasteiger partial charge in [-0.05, 0) is 31.5 Å². The Hall–Kier alpha value is -1.55. The average Bonchev–Trinajstić information content (AvgIpc) is 2.48. The first-order valence-electron chi connectivity index (χ1n) is 6.91. The predicted octanol–water partition coefficient (Wildman–Crippen LogP) is 1.52. The van der Waals surface area contributed by atoms with Gasteiger partial charge >= 0.3 is 0 Å². The highest BCUT2D eigenvalue weighted by molar-refractivity contribution is 5.78. The standard InChI is InChI=1S/C15H22N2O2/c1-17(15(18)13-6-5-9-16-12-13)10-11-19-14-7-3-2-4-8-14/h2-4,7-8,13,16H,5-6,9-12H2,1H3/t13-/m0/s1. The molecule has 1 amide bonds. The van der Waals surface area contributed by atoms with E-state index in [0.717, 1.165) is 31.7 Å². The monoisotopic (exact) mass is 262 g/mol. The highest BCUT2D eigenvalue weighted by Gasteiger charge is 2.23. The number of piperidine rings is 1. The fraction of sp³-hybridized carbons (Fsp3) is 0.533. The van der Waals surface area contributed by atoms with Crippen LogP contribution in [-0.2, 0) is 4.79 Å². The maximum atomic E-state index is 12.2. The lowest BCUT2D eigenvalue weighted by Crippen LogP contribution is -2.42. The van der Waals surface area contributed by atoms with Gasteiger partial charge in [0.15, 0.2) is 0 Å². The number of carbonyl (C=O) groups excluding carboxylic acids is 1. The summed E-state index contributed by atoms with van der Waals surface area (Å²) in [7, 11) is 1.85. The summed E-state index contributed by atoms with van der Waals surface area (Å²) >= 11 is 0. The lowest BCUT2D eigenvalue weighted by molar-refractivity contribution is -0.135. The Morgan fingerprint density at radius 2 is 2.21 bits per heavy atom. The minimum atomic E-state index is 0.135. The van der Waals surface area contributed by atoms with Crippen LogP contribution in [0.2, 0.25) is 0 Å². The molecule has 4 heteroatoms. The van der Waals surface area contributed by atoms with E-state index in [-0.39, 0.29) is 11.8 Å². The smallest absolute Gasteiger partial charge is 0.226 e. The van der Waals surface area contributed by atoms with Gasteiger partial charge < -0.3 is 15.0 Å². The van der Waals surface area contributed by atoms with E-state index < -0.39 is 0 Å². The van der Waals surface area contributed by atoms with Gasteiger partial charge in [0.05, 0.1) is 12.5 Å². The van der Waals surface area contributed by atoms with Crippen molar-refractivity contribution < 1.29 is 9.53 Å². The van der Waals surface area contributed by atoms with E-state index in [2.05, 4.69) is 5.32 Å². The van der Waals surface area contributed by atoms with Crippen LogP contribution in [0.3, 0.4) is 0 Å². The van der Waals surface area contributed by atoms with Gasteiger partial charge in [0, 0.05) is 13.6 Å². The molecule has 1 heterocycles. The van der Waals surface area contributed by atoms with Gasteiger partial charge in [-0.15, -0.1) is 0 Å². The third-order valence-corrected chi connectivity index (χ3v) is 3.46. The summed E-state index contributed by atoms with van der Waals surface area (Å²) in [5.41, 5.74) is 0. The number of hydrogen-bond acceptors (Lipinski definition) is 3. The Morgan fingerprint density at radius 1 is 1.42 bits per heavy atom. The van der Waals surface area contributed by atoms with Crippen LogP contribution < -0.4 is 10.1 Å². The molecular formula is C15H22N2O2. The predicted molar refractivity (Wildman–Crippen MR) is 75.2 cm³/mol. The van der Waals surface area contributed by atoms with Crippen LogP contribution in [0.4, 0.5) is 0 Å². The molecule has 0 aromatic heterocycles. The lowest BCUT2D eigenvalue weighted by Gasteiger charge is -2.27. The number of nitrogens with zero attached hydrogens (tertiary/aromatic N) is 1. The largest absolute Gasteiger partial charge is 0.492 e. The van der Waals surface area contributed by atoms with Gasteiger partial charge in [-0.3, -0.25) is 4.79 Å². The third kappa shape index (κ3) is 4.24. The number of likely N-dealkylation sites (N-methyl/N-ethyl adjacent to an activating group) is 1. The van der Waals surface area contributed by atoms with Gasteiger partial charge in [-0.1, -0.05) is 18.2 Å². The number of nitrogens with one attached hydrogen (secondary N) is 1. The normalized spacial score (nSPS) is 18.9. The molecule has 0 saturated carbocycles. The summed E-state index contributed by atoms with van der Waals surface area (Å²) < 4.78 is 5.60. The fourth-order valence-electron chi connectivity index (χ4n) is 2.30. The number of amides is 1. The van der Waals surface area contributed by atoms with Gasteiger partial charge in [-0.25, -0.2) is 0 Å². The number of benzene rings is 1. The number of hydrogen-bond donors (Lipinski definition) is 1. The highest BCUT2D eigenvalue weighted by Crippen LogP contribution is 2.13. The van der Waals surface area contributed by atoms with Gasteiger partial charge in [0.1, 0.15) is 12.4 Å². The first-order valence-corrected chi connectivity index (χ1v) is 6.91. The number of rotatable bonds is 5. The topological polar surface area (TPSA) is 41.6 Å². The quantitative estimate of drug-likeness (QED) is 0.875. The molecule has 19 heavy (non-hydrogen) atoms. The van der Waals surface area contributed by atoms with Crippen molar-refractivity contribution in [2.75, 3.05) is 33.3 Å². The molecule has 1 fully saturated rings. The molecule has 2 rings (SSSR count). The van der Waals surface area contributed by atoms with Crippen molar-refractivity contribution in [3.8, 4) is 5.75 Å². The Morgan fingerprint density at radius 3 is 2.89 bits per heavy atom.